The lowest BCUT2D eigenvalue weighted by molar-refractivity contribution is 0.00452. The molecule has 0 heterocycles. The maximum Gasteiger partial charge on any atom is 0.407 e. The molecule has 0 spiro atoms. The van der Waals surface area contributed by atoms with Crippen molar-refractivity contribution in [1.29, 1.82) is 0 Å². The van der Waals surface area contributed by atoms with Gasteiger partial charge in [-0.15, -0.1) is 0 Å². The number of alkyl carbamates (subject to hydrolysis) is 1. The molecular weight excluding hydrogens is 211 g/mol. The first-order valence-corrected chi connectivity index (χ1v) is 5.60. The lowest BCUT2D eigenvalue weighted by Crippen LogP contribution is -2.51. The van der Waals surface area contributed by atoms with Crippen LogP contribution in [0.1, 0.15) is 33.6 Å². The number of alkyl halides is 1. The highest BCUT2D eigenvalue weighted by Gasteiger charge is 2.44. The maximum atomic E-state index is 13.8. The van der Waals surface area contributed by atoms with Crippen LogP contribution in [0.15, 0.2) is 0 Å². The highest BCUT2D eigenvalue weighted by molar-refractivity contribution is 5.67. The maximum absolute atomic E-state index is 13.8. The molecule has 3 N–H and O–H groups in total. The van der Waals surface area contributed by atoms with Gasteiger partial charge in [0.1, 0.15) is 11.3 Å². The van der Waals surface area contributed by atoms with Crippen LogP contribution in [0.4, 0.5) is 9.18 Å². The first-order chi connectivity index (χ1) is 7.24. The molecule has 94 valence electrons. The summed E-state index contributed by atoms with van der Waals surface area (Å²) in [6.45, 7) is 5.83. The summed E-state index contributed by atoms with van der Waals surface area (Å²) in [6.07, 6.45) is 0.291. The summed E-state index contributed by atoms with van der Waals surface area (Å²) in [5, 5.41) is 2.45. The first-order valence-electron chi connectivity index (χ1n) is 5.60. The van der Waals surface area contributed by atoms with E-state index in [2.05, 4.69) is 5.32 Å². The highest BCUT2D eigenvalue weighted by atomic mass is 19.1. The fourth-order valence-electron chi connectivity index (χ4n) is 1.83. The molecule has 0 radical (unpaired) electrons. The molecule has 16 heavy (non-hydrogen) atoms. The molecule has 0 aromatic carbocycles. The molecule has 1 aliphatic rings. The summed E-state index contributed by atoms with van der Waals surface area (Å²) in [6, 6.07) is 0. The van der Waals surface area contributed by atoms with Crippen LogP contribution in [0, 0.1) is 5.92 Å². The molecule has 0 aromatic rings. The molecule has 1 fully saturated rings. The molecule has 1 aliphatic carbocycles. The van der Waals surface area contributed by atoms with Gasteiger partial charge in [-0.05, 0) is 46.1 Å². The lowest BCUT2D eigenvalue weighted by Gasteiger charge is -2.40. The van der Waals surface area contributed by atoms with Crippen molar-refractivity contribution in [1.82, 2.24) is 5.32 Å². The Balaban J connectivity index is 2.23. The van der Waals surface area contributed by atoms with E-state index in [-0.39, 0.29) is 12.5 Å². The number of hydrogen-bond acceptors (Lipinski definition) is 3. The van der Waals surface area contributed by atoms with E-state index in [0.717, 1.165) is 0 Å². The van der Waals surface area contributed by atoms with Crippen molar-refractivity contribution in [2.75, 3.05) is 13.1 Å². The first kappa shape index (κ1) is 13.2. The lowest BCUT2D eigenvalue weighted by atomic mass is 9.72. The number of nitrogens with one attached hydrogen (secondary N) is 1. The number of nitrogens with two attached hydrogens (primary N) is 1. The van der Waals surface area contributed by atoms with Gasteiger partial charge in [-0.3, -0.25) is 0 Å². The van der Waals surface area contributed by atoms with Crippen LogP contribution in [-0.4, -0.2) is 30.5 Å². The van der Waals surface area contributed by atoms with Gasteiger partial charge in [-0.2, -0.15) is 0 Å². The molecule has 1 saturated carbocycles. The second kappa shape index (κ2) is 4.57. The second-order valence-electron chi connectivity index (χ2n) is 5.52. The Morgan fingerprint density at radius 2 is 2.12 bits per heavy atom. The van der Waals surface area contributed by atoms with Crippen LogP contribution in [0.3, 0.4) is 0 Å². The predicted molar refractivity (Wildman–Crippen MR) is 59.9 cm³/mol. The van der Waals surface area contributed by atoms with Gasteiger partial charge in [0.15, 0.2) is 0 Å². The Kier molecular flexibility index (Phi) is 3.78. The van der Waals surface area contributed by atoms with Gasteiger partial charge in [0.05, 0.1) is 6.54 Å². The monoisotopic (exact) mass is 232 g/mol. The van der Waals surface area contributed by atoms with E-state index in [1.54, 1.807) is 20.8 Å². The van der Waals surface area contributed by atoms with Crippen LogP contribution in [0.25, 0.3) is 0 Å². The van der Waals surface area contributed by atoms with Crippen LogP contribution >= 0.6 is 0 Å². The van der Waals surface area contributed by atoms with Gasteiger partial charge in [-0.1, -0.05) is 0 Å². The minimum absolute atomic E-state index is 0.0123. The fraction of sp³-hybridized carbons (Fsp3) is 0.909. The number of amides is 1. The van der Waals surface area contributed by atoms with Crippen molar-refractivity contribution in [3.63, 3.8) is 0 Å². The van der Waals surface area contributed by atoms with Crippen molar-refractivity contribution >= 4 is 6.09 Å². The third kappa shape index (κ3) is 3.96. The molecule has 5 heteroatoms. The zero-order valence-electron chi connectivity index (χ0n) is 10.2. The zero-order chi connectivity index (χ0) is 12.4. The summed E-state index contributed by atoms with van der Waals surface area (Å²) < 4.78 is 18.8. The Morgan fingerprint density at radius 1 is 1.56 bits per heavy atom. The number of halogens is 1. The molecular formula is C11H21FN2O2. The smallest absolute Gasteiger partial charge is 0.407 e. The molecule has 1 amide bonds. The summed E-state index contributed by atoms with van der Waals surface area (Å²) in [5.41, 5.74) is 3.58. The van der Waals surface area contributed by atoms with E-state index in [0.29, 0.717) is 19.4 Å². The molecule has 0 aromatic heterocycles. The number of hydrogen-bond donors (Lipinski definition) is 2. The standard InChI is InChI=1S/C11H21FN2O2/c1-10(2,3)16-9(15)14-7-11(12)4-8(5-11)6-13/h8H,4-7,13H2,1-3H3,(H,14,15). The third-order valence-corrected chi connectivity index (χ3v) is 2.59. The second-order valence-corrected chi connectivity index (χ2v) is 5.52. The Morgan fingerprint density at radius 3 is 2.56 bits per heavy atom. The average molecular weight is 232 g/mol. The van der Waals surface area contributed by atoms with E-state index in [1.165, 1.54) is 0 Å². The van der Waals surface area contributed by atoms with E-state index in [4.69, 9.17) is 10.5 Å². The number of rotatable bonds is 3. The topological polar surface area (TPSA) is 64.3 Å². The SMILES string of the molecule is CC(C)(C)OC(=O)NCC1(F)CC(CN)C1. The normalized spacial score (nSPS) is 29.4. The molecule has 0 bridgehead atoms. The zero-order valence-corrected chi connectivity index (χ0v) is 10.2. The van der Waals surface area contributed by atoms with Crippen molar-refractivity contribution in [2.45, 2.75) is 44.9 Å². The van der Waals surface area contributed by atoms with E-state index < -0.39 is 17.4 Å². The van der Waals surface area contributed by atoms with Gasteiger partial charge < -0.3 is 15.8 Å². The quantitative estimate of drug-likeness (QED) is 0.776. The van der Waals surface area contributed by atoms with Crippen LogP contribution in [-0.2, 0) is 4.74 Å². The predicted octanol–water partition coefficient (Wildman–Crippen LogP) is 1.59. The van der Waals surface area contributed by atoms with Crippen LogP contribution in [0.5, 0.6) is 0 Å². The van der Waals surface area contributed by atoms with Gasteiger partial charge >= 0.3 is 6.09 Å². The van der Waals surface area contributed by atoms with Gasteiger partial charge in [0.2, 0.25) is 0 Å². The van der Waals surface area contributed by atoms with Gasteiger partial charge in [0.25, 0.3) is 0 Å². The minimum Gasteiger partial charge on any atom is -0.444 e. The molecule has 4 nitrogen and oxygen atoms in total. The summed E-state index contributed by atoms with van der Waals surface area (Å²) in [7, 11) is 0. The molecule has 0 atom stereocenters. The molecule has 0 saturated heterocycles. The largest absolute Gasteiger partial charge is 0.444 e. The number of carbonyl (C=O) groups excluding carboxylic acids is 1. The molecule has 0 unspecified atom stereocenters. The van der Waals surface area contributed by atoms with Crippen molar-refractivity contribution < 1.29 is 13.9 Å². The minimum atomic E-state index is -1.29. The molecule has 0 aliphatic heterocycles. The average Bonchev–Trinajstić information content (AvgIpc) is 2.07. The van der Waals surface area contributed by atoms with E-state index in [9.17, 15) is 9.18 Å². The Hall–Kier alpha value is -0.840. The van der Waals surface area contributed by atoms with Gasteiger partial charge in [-0.25, -0.2) is 9.18 Å². The summed E-state index contributed by atoms with van der Waals surface area (Å²) in [4.78, 5) is 11.3. The van der Waals surface area contributed by atoms with E-state index >= 15 is 0 Å². The molecule has 1 rings (SSSR count). The van der Waals surface area contributed by atoms with Crippen molar-refractivity contribution in [3.8, 4) is 0 Å². The van der Waals surface area contributed by atoms with Crippen LogP contribution < -0.4 is 11.1 Å². The van der Waals surface area contributed by atoms with Crippen molar-refractivity contribution in [2.24, 2.45) is 11.7 Å². The summed E-state index contributed by atoms with van der Waals surface area (Å²) in [5.74, 6) is 0.255. The Labute approximate surface area is 95.7 Å². The van der Waals surface area contributed by atoms with E-state index in [1.807, 2.05) is 0 Å². The highest BCUT2D eigenvalue weighted by Crippen LogP contribution is 2.40. The fourth-order valence-corrected chi connectivity index (χ4v) is 1.83. The number of ether oxygens (including phenoxy) is 1. The van der Waals surface area contributed by atoms with Crippen molar-refractivity contribution in [3.05, 3.63) is 0 Å². The van der Waals surface area contributed by atoms with Gasteiger partial charge in [0, 0.05) is 0 Å². The summed E-state index contributed by atoms with van der Waals surface area (Å²) >= 11 is 0. The third-order valence-electron chi connectivity index (χ3n) is 2.59. The number of carbonyl (C=O) groups is 1. The van der Waals surface area contributed by atoms with Crippen LogP contribution in [0.2, 0.25) is 0 Å². The Bertz CT molecular complexity index is 257.